The largest absolute Gasteiger partial charge is 0.505 e. The van der Waals surface area contributed by atoms with E-state index < -0.39 is 29.1 Å². The van der Waals surface area contributed by atoms with E-state index in [4.69, 9.17) is 24.1 Å². The Labute approximate surface area is 258 Å². The van der Waals surface area contributed by atoms with Gasteiger partial charge in [-0.1, -0.05) is 26.0 Å². The SMILES string of the molecule is CC(C)(c1ccc(OC(=O)C=CC(C=CC(=O)O)(OCC2CO2)C2CO2)cc1)c1c(Br)c(Br)c(O)c(Br)c1Br. The van der Waals surface area contributed by atoms with Crippen LogP contribution in [0.1, 0.15) is 25.0 Å². The van der Waals surface area contributed by atoms with Crippen molar-refractivity contribution in [1.82, 2.24) is 0 Å². The molecule has 0 bridgehead atoms. The number of epoxide rings is 2. The number of ether oxygens (including phenoxy) is 4. The Morgan fingerprint density at radius 3 is 2.05 bits per heavy atom. The average Bonchev–Trinajstić information content (AvgIpc) is 3.80. The third kappa shape index (κ3) is 7.03. The molecule has 4 rings (SSSR count). The lowest BCUT2D eigenvalue weighted by atomic mass is 9.78. The number of hydrogen-bond acceptors (Lipinski definition) is 7. The molecule has 0 aromatic heterocycles. The Bertz CT molecular complexity index is 1300. The zero-order chi connectivity index (χ0) is 28.5. The number of aliphatic carboxylic acids is 1. The number of phenolic OH excluding ortho intramolecular Hbond substituents is 1. The van der Waals surface area contributed by atoms with Gasteiger partial charge in [0, 0.05) is 26.5 Å². The summed E-state index contributed by atoms with van der Waals surface area (Å²) in [7, 11) is 0. The second-order valence-electron chi connectivity index (χ2n) is 9.50. The van der Waals surface area contributed by atoms with E-state index in [0.29, 0.717) is 36.9 Å². The summed E-state index contributed by atoms with van der Waals surface area (Å²) in [4.78, 5) is 23.8. The molecule has 0 spiro atoms. The first kappa shape index (κ1) is 30.4. The topological polar surface area (TPSA) is 118 Å². The average molecular weight is 796 g/mol. The van der Waals surface area contributed by atoms with Gasteiger partial charge >= 0.3 is 11.9 Å². The highest BCUT2D eigenvalue weighted by Gasteiger charge is 2.46. The highest BCUT2D eigenvalue weighted by atomic mass is 79.9. The number of carbonyl (C=O) groups is 2. The Morgan fingerprint density at radius 1 is 0.974 bits per heavy atom. The number of phenols is 1. The molecule has 12 heteroatoms. The Kier molecular flexibility index (Phi) is 9.47. The molecule has 2 aliphatic rings. The molecule has 208 valence electrons. The minimum Gasteiger partial charge on any atom is -0.505 e. The summed E-state index contributed by atoms with van der Waals surface area (Å²) in [6.07, 6.45) is 4.52. The van der Waals surface area contributed by atoms with Gasteiger partial charge in [-0.15, -0.1) is 0 Å². The van der Waals surface area contributed by atoms with Gasteiger partial charge in [0.25, 0.3) is 0 Å². The molecular weight excluding hydrogens is 772 g/mol. The standard InChI is InChI=1S/C27H24Br4O8/c1-26(2,20-21(28)23(30)25(35)24(31)22(20)29)14-3-5-15(6-4-14)39-19(34)8-10-27(17-13-37-17,9-7-18(32)33)38-12-16-11-36-16/h3-10,16-17,35H,11-13H2,1-2H3,(H,32,33). The van der Waals surface area contributed by atoms with E-state index in [2.05, 4.69) is 63.7 Å². The van der Waals surface area contributed by atoms with Gasteiger partial charge in [-0.05, 0) is 99.1 Å². The molecule has 0 amide bonds. The van der Waals surface area contributed by atoms with Crippen molar-refractivity contribution >= 4 is 75.7 Å². The maximum absolute atomic E-state index is 12.7. The number of carboxylic acids is 1. The van der Waals surface area contributed by atoms with E-state index >= 15 is 0 Å². The molecule has 3 atom stereocenters. The second kappa shape index (κ2) is 12.1. The zero-order valence-electron chi connectivity index (χ0n) is 20.8. The van der Waals surface area contributed by atoms with Gasteiger partial charge in [-0.2, -0.15) is 0 Å². The van der Waals surface area contributed by atoms with Crippen LogP contribution < -0.4 is 4.74 Å². The first-order valence-electron chi connectivity index (χ1n) is 11.7. The van der Waals surface area contributed by atoms with E-state index in [9.17, 15) is 14.7 Å². The van der Waals surface area contributed by atoms with E-state index in [1.165, 1.54) is 18.2 Å². The van der Waals surface area contributed by atoms with Gasteiger partial charge in [0.05, 0.1) is 28.8 Å². The monoisotopic (exact) mass is 792 g/mol. The van der Waals surface area contributed by atoms with Crippen molar-refractivity contribution in [2.24, 2.45) is 0 Å². The lowest BCUT2D eigenvalue weighted by Gasteiger charge is -2.30. The number of rotatable bonds is 11. The van der Waals surface area contributed by atoms with Crippen LogP contribution in [0, 0.1) is 0 Å². The van der Waals surface area contributed by atoms with Crippen molar-refractivity contribution in [3.63, 3.8) is 0 Å². The summed E-state index contributed by atoms with van der Waals surface area (Å²) < 4.78 is 24.5. The normalized spacial score (nSPS) is 20.3. The number of hydrogen-bond donors (Lipinski definition) is 2. The molecule has 2 aliphatic heterocycles. The summed E-state index contributed by atoms with van der Waals surface area (Å²) >= 11 is 14.0. The van der Waals surface area contributed by atoms with Crippen molar-refractivity contribution in [2.45, 2.75) is 37.1 Å². The van der Waals surface area contributed by atoms with Crippen LogP contribution in [-0.4, -0.2) is 59.8 Å². The number of carboxylic acid groups (broad SMARTS) is 1. The van der Waals surface area contributed by atoms with Crippen LogP contribution in [0.15, 0.2) is 66.5 Å². The maximum atomic E-state index is 12.7. The van der Waals surface area contributed by atoms with Crippen molar-refractivity contribution in [3.8, 4) is 11.5 Å². The number of aromatic hydroxyl groups is 1. The van der Waals surface area contributed by atoms with Gasteiger partial charge in [0.1, 0.15) is 29.3 Å². The van der Waals surface area contributed by atoms with Crippen LogP contribution in [-0.2, 0) is 29.2 Å². The molecule has 2 saturated heterocycles. The highest BCUT2D eigenvalue weighted by molar-refractivity contribution is 9.14. The maximum Gasteiger partial charge on any atom is 0.335 e. The van der Waals surface area contributed by atoms with Crippen molar-refractivity contribution < 1.29 is 38.7 Å². The fourth-order valence-electron chi connectivity index (χ4n) is 3.97. The van der Waals surface area contributed by atoms with E-state index in [0.717, 1.165) is 17.2 Å². The molecule has 39 heavy (non-hydrogen) atoms. The summed E-state index contributed by atoms with van der Waals surface area (Å²) in [6.45, 7) is 5.24. The van der Waals surface area contributed by atoms with Crippen molar-refractivity contribution in [3.05, 3.63) is 77.6 Å². The molecule has 2 fully saturated rings. The van der Waals surface area contributed by atoms with Crippen LogP contribution in [0.4, 0.5) is 0 Å². The van der Waals surface area contributed by atoms with Gasteiger partial charge in [-0.25, -0.2) is 9.59 Å². The van der Waals surface area contributed by atoms with E-state index in [1.54, 1.807) is 12.1 Å². The van der Waals surface area contributed by atoms with Gasteiger partial charge < -0.3 is 29.2 Å². The molecule has 3 unspecified atom stereocenters. The minimum absolute atomic E-state index is 0.0606. The van der Waals surface area contributed by atoms with Crippen LogP contribution in [0.25, 0.3) is 0 Å². The molecule has 2 heterocycles. The molecule has 2 aromatic carbocycles. The molecule has 2 N–H and O–H groups in total. The number of halogens is 4. The number of carbonyl (C=O) groups excluding carboxylic acids is 1. The Balaban J connectivity index is 1.51. The molecular formula is C27H24Br4O8. The number of benzene rings is 2. The lowest BCUT2D eigenvalue weighted by Crippen LogP contribution is -2.36. The fraction of sp³-hybridized carbons (Fsp3) is 0.333. The number of esters is 1. The van der Waals surface area contributed by atoms with Gasteiger partial charge in [-0.3, -0.25) is 0 Å². The lowest BCUT2D eigenvalue weighted by molar-refractivity contribution is -0.131. The predicted octanol–water partition coefficient (Wildman–Crippen LogP) is 6.42. The quantitative estimate of drug-likeness (QED) is 0.0880. The van der Waals surface area contributed by atoms with Crippen LogP contribution in [0.2, 0.25) is 0 Å². The molecule has 2 aromatic rings. The van der Waals surface area contributed by atoms with Crippen molar-refractivity contribution in [1.29, 1.82) is 0 Å². The summed E-state index contributed by atoms with van der Waals surface area (Å²) in [5.74, 6) is -1.39. The predicted molar refractivity (Wildman–Crippen MR) is 157 cm³/mol. The molecule has 0 radical (unpaired) electrons. The van der Waals surface area contributed by atoms with Gasteiger partial charge in [0.2, 0.25) is 0 Å². The smallest absolute Gasteiger partial charge is 0.335 e. The van der Waals surface area contributed by atoms with Crippen LogP contribution in [0.5, 0.6) is 11.5 Å². The molecule has 8 nitrogen and oxygen atoms in total. The zero-order valence-corrected chi connectivity index (χ0v) is 27.1. The van der Waals surface area contributed by atoms with Gasteiger partial charge in [0.15, 0.2) is 0 Å². The van der Waals surface area contributed by atoms with Crippen LogP contribution >= 0.6 is 63.7 Å². The van der Waals surface area contributed by atoms with Crippen molar-refractivity contribution in [2.75, 3.05) is 19.8 Å². The summed E-state index contributed by atoms with van der Waals surface area (Å²) in [5.41, 5.74) is 0.0893. The minimum atomic E-state index is -1.23. The fourth-order valence-corrected chi connectivity index (χ4v) is 7.06. The Hall–Kier alpha value is -1.54. The van der Waals surface area contributed by atoms with Crippen LogP contribution in [0.3, 0.4) is 0 Å². The first-order chi connectivity index (χ1) is 18.4. The summed E-state index contributed by atoms with van der Waals surface area (Å²) in [5, 5.41) is 19.4. The second-order valence-corrected chi connectivity index (χ2v) is 12.7. The van der Waals surface area contributed by atoms with E-state index in [-0.39, 0.29) is 18.5 Å². The Morgan fingerprint density at radius 2 is 1.54 bits per heavy atom. The third-order valence-corrected chi connectivity index (χ3v) is 10.6. The third-order valence-electron chi connectivity index (χ3n) is 6.38. The molecule has 0 saturated carbocycles. The summed E-state index contributed by atoms with van der Waals surface area (Å²) in [6, 6.07) is 7.10. The first-order valence-corrected chi connectivity index (χ1v) is 14.9. The molecule has 0 aliphatic carbocycles. The highest BCUT2D eigenvalue weighted by Crippen LogP contribution is 2.51. The van der Waals surface area contributed by atoms with E-state index in [1.807, 2.05) is 26.0 Å².